The highest BCUT2D eigenvalue weighted by atomic mass is 32.2. The van der Waals surface area contributed by atoms with Crippen LogP contribution in [0.25, 0.3) is 0 Å². The summed E-state index contributed by atoms with van der Waals surface area (Å²) >= 11 is 1.97. The SMILES string of the molecule is CC(C)[C@H](N)C(=O)Nc1cccc(CSC2CCOCC2)c1. The van der Waals surface area contributed by atoms with Gasteiger partial charge in [0.2, 0.25) is 5.91 Å². The van der Waals surface area contributed by atoms with Gasteiger partial charge < -0.3 is 15.8 Å². The Morgan fingerprint density at radius 3 is 2.82 bits per heavy atom. The lowest BCUT2D eigenvalue weighted by atomic mass is 10.0. The molecule has 1 saturated heterocycles. The van der Waals surface area contributed by atoms with Crippen LogP contribution in [0.3, 0.4) is 0 Å². The van der Waals surface area contributed by atoms with Crippen LogP contribution in [-0.2, 0) is 15.3 Å². The highest BCUT2D eigenvalue weighted by Crippen LogP contribution is 2.26. The fourth-order valence-electron chi connectivity index (χ4n) is 2.32. The number of nitrogens with one attached hydrogen (secondary N) is 1. The molecule has 22 heavy (non-hydrogen) atoms. The number of hydrogen-bond acceptors (Lipinski definition) is 4. The number of carbonyl (C=O) groups is 1. The zero-order valence-corrected chi connectivity index (χ0v) is 14.2. The normalized spacial score (nSPS) is 17.5. The van der Waals surface area contributed by atoms with E-state index in [2.05, 4.69) is 11.4 Å². The summed E-state index contributed by atoms with van der Waals surface area (Å²) in [5.41, 5.74) is 7.93. The van der Waals surface area contributed by atoms with E-state index in [-0.39, 0.29) is 11.8 Å². The molecule has 2 rings (SSSR count). The lowest BCUT2D eigenvalue weighted by Crippen LogP contribution is -2.39. The topological polar surface area (TPSA) is 64.4 Å². The minimum Gasteiger partial charge on any atom is -0.381 e. The van der Waals surface area contributed by atoms with Gasteiger partial charge in [-0.3, -0.25) is 4.79 Å². The van der Waals surface area contributed by atoms with Crippen LogP contribution in [0.4, 0.5) is 5.69 Å². The van der Waals surface area contributed by atoms with E-state index in [1.807, 2.05) is 43.8 Å². The number of nitrogens with two attached hydrogens (primary N) is 1. The van der Waals surface area contributed by atoms with Gasteiger partial charge >= 0.3 is 0 Å². The molecule has 1 amide bonds. The Morgan fingerprint density at radius 2 is 2.14 bits per heavy atom. The Bertz CT molecular complexity index is 487. The van der Waals surface area contributed by atoms with Gasteiger partial charge in [-0.1, -0.05) is 26.0 Å². The maximum absolute atomic E-state index is 12.0. The van der Waals surface area contributed by atoms with Crippen molar-refractivity contribution in [3.63, 3.8) is 0 Å². The largest absolute Gasteiger partial charge is 0.381 e. The summed E-state index contributed by atoms with van der Waals surface area (Å²) in [7, 11) is 0. The van der Waals surface area contributed by atoms with Gasteiger partial charge in [0.25, 0.3) is 0 Å². The van der Waals surface area contributed by atoms with Crippen LogP contribution in [0.15, 0.2) is 24.3 Å². The van der Waals surface area contributed by atoms with Gasteiger partial charge in [-0.2, -0.15) is 11.8 Å². The molecule has 1 aromatic carbocycles. The molecule has 1 heterocycles. The summed E-state index contributed by atoms with van der Waals surface area (Å²) in [5, 5.41) is 3.59. The lowest BCUT2D eigenvalue weighted by molar-refractivity contribution is -0.118. The van der Waals surface area contributed by atoms with Crippen LogP contribution in [0, 0.1) is 5.92 Å². The number of amides is 1. The van der Waals surface area contributed by atoms with Crippen LogP contribution in [0.2, 0.25) is 0 Å². The van der Waals surface area contributed by atoms with E-state index < -0.39 is 6.04 Å². The molecule has 0 saturated carbocycles. The van der Waals surface area contributed by atoms with E-state index in [4.69, 9.17) is 10.5 Å². The van der Waals surface area contributed by atoms with Gasteiger partial charge in [-0.05, 0) is 36.5 Å². The first kappa shape index (κ1) is 17.3. The second kappa shape index (κ2) is 8.56. The minimum atomic E-state index is -0.472. The van der Waals surface area contributed by atoms with E-state index in [1.165, 1.54) is 5.56 Å². The molecule has 1 atom stereocenters. The number of ether oxygens (including phenoxy) is 1. The Labute approximate surface area is 137 Å². The molecular weight excluding hydrogens is 296 g/mol. The summed E-state index contributed by atoms with van der Waals surface area (Å²) in [5.74, 6) is 0.974. The quantitative estimate of drug-likeness (QED) is 0.845. The Kier molecular flexibility index (Phi) is 6.73. The molecular formula is C17H26N2O2S. The second-order valence-electron chi connectivity index (χ2n) is 6.08. The van der Waals surface area contributed by atoms with Crippen molar-refractivity contribution in [1.82, 2.24) is 0 Å². The van der Waals surface area contributed by atoms with Crippen molar-refractivity contribution in [2.75, 3.05) is 18.5 Å². The molecule has 3 N–H and O–H groups in total. The number of hydrogen-bond donors (Lipinski definition) is 2. The highest BCUT2D eigenvalue weighted by molar-refractivity contribution is 7.99. The van der Waals surface area contributed by atoms with Crippen molar-refractivity contribution < 1.29 is 9.53 Å². The van der Waals surface area contributed by atoms with Gasteiger partial charge in [0.05, 0.1) is 6.04 Å². The number of thioether (sulfide) groups is 1. The van der Waals surface area contributed by atoms with Crippen LogP contribution in [0.5, 0.6) is 0 Å². The fourth-order valence-corrected chi connectivity index (χ4v) is 3.46. The number of benzene rings is 1. The zero-order valence-electron chi connectivity index (χ0n) is 13.4. The van der Waals surface area contributed by atoms with Gasteiger partial charge in [0.1, 0.15) is 0 Å². The predicted molar refractivity (Wildman–Crippen MR) is 93.0 cm³/mol. The first-order chi connectivity index (χ1) is 10.6. The molecule has 122 valence electrons. The number of anilines is 1. The summed E-state index contributed by atoms with van der Waals surface area (Å²) in [6.45, 7) is 5.65. The molecule has 1 fully saturated rings. The molecule has 0 aromatic heterocycles. The van der Waals surface area contributed by atoms with E-state index in [0.717, 1.165) is 37.5 Å². The Morgan fingerprint density at radius 1 is 1.41 bits per heavy atom. The monoisotopic (exact) mass is 322 g/mol. The summed E-state index contributed by atoms with van der Waals surface area (Å²) < 4.78 is 5.38. The van der Waals surface area contributed by atoms with E-state index >= 15 is 0 Å². The fraction of sp³-hybridized carbons (Fsp3) is 0.588. The molecule has 0 aliphatic carbocycles. The smallest absolute Gasteiger partial charge is 0.241 e. The van der Waals surface area contributed by atoms with Crippen molar-refractivity contribution in [3.05, 3.63) is 29.8 Å². The molecule has 0 bridgehead atoms. The third-order valence-electron chi connectivity index (χ3n) is 3.87. The maximum atomic E-state index is 12.0. The van der Waals surface area contributed by atoms with Crippen molar-refractivity contribution in [2.45, 2.75) is 43.7 Å². The molecule has 0 spiro atoms. The standard InChI is InChI=1S/C17H26N2O2S/c1-12(2)16(18)17(20)19-14-5-3-4-13(10-14)11-22-15-6-8-21-9-7-15/h3-5,10,12,15-16H,6-9,11,18H2,1-2H3,(H,19,20)/t16-/m0/s1. The van der Waals surface area contributed by atoms with E-state index in [9.17, 15) is 4.79 Å². The summed E-state index contributed by atoms with van der Waals surface area (Å²) in [6.07, 6.45) is 2.26. The summed E-state index contributed by atoms with van der Waals surface area (Å²) in [6, 6.07) is 7.56. The van der Waals surface area contributed by atoms with Crippen LogP contribution in [-0.4, -0.2) is 30.4 Å². The van der Waals surface area contributed by atoms with E-state index in [0.29, 0.717) is 5.25 Å². The molecule has 4 nitrogen and oxygen atoms in total. The summed E-state index contributed by atoms with van der Waals surface area (Å²) in [4.78, 5) is 12.0. The Hall–Kier alpha value is -1.04. The van der Waals surface area contributed by atoms with Crippen molar-refractivity contribution in [2.24, 2.45) is 11.7 Å². The lowest BCUT2D eigenvalue weighted by Gasteiger charge is -2.21. The molecule has 1 aromatic rings. The third-order valence-corrected chi connectivity index (χ3v) is 5.31. The van der Waals surface area contributed by atoms with Crippen LogP contribution < -0.4 is 11.1 Å². The number of carbonyl (C=O) groups excluding carboxylic acids is 1. The second-order valence-corrected chi connectivity index (χ2v) is 7.37. The Balaban J connectivity index is 1.87. The van der Waals surface area contributed by atoms with Gasteiger partial charge in [0.15, 0.2) is 0 Å². The van der Waals surface area contributed by atoms with Crippen molar-refractivity contribution in [3.8, 4) is 0 Å². The first-order valence-corrected chi connectivity index (χ1v) is 8.96. The highest BCUT2D eigenvalue weighted by Gasteiger charge is 2.17. The molecule has 1 aliphatic rings. The van der Waals surface area contributed by atoms with Crippen LogP contribution in [0.1, 0.15) is 32.3 Å². The van der Waals surface area contributed by atoms with Gasteiger partial charge in [0, 0.05) is 29.9 Å². The average molecular weight is 322 g/mol. The zero-order chi connectivity index (χ0) is 15.9. The minimum absolute atomic E-state index is 0.121. The van der Waals surface area contributed by atoms with Crippen LogP contribution >= 0.6 is 11.8 Å². The van der Waals surface area contributed by atoms with Crippen molar-refractivity contribution in [1.29, 1.82) is 0 Å². The average Bonchev–Trinajstić information content (AvgIpc) is 2.53. The van der Waals surface area contributed by atoms with Gasteiger partial charge in [-0.25, -0.2) is 0 Å². The molecule has 1 aliphatic heterocycles. The molecule has 0 radical (unpaired) electrons. The van der Waals surface area contributed by atoms with Gasteiger partial charge in [-0.15, -0.1) is 0 Å². The third kappa shape index (κ3) is 5.30. The predicted octanol–water partition coefficient (Wildman–Crippen LogP) is 3.02. The molecule has 0 unspecified atom stereocenters. The number of rotatable bonds is 6. The first-order valence-electron chi connectivity index (χ1n) is 7.91. The van der Waals surface area contributed by atoms with E-state index in [1.54, 1.807) is 0 Å². The maximum Gasteiger partial charge on any atom is 0.241 e. The molecule has 5 heteroatoms. The van der Waals surface area contributed by atoms with Crippen molar-refractivity contribution >= 4 is 23.4 Å².